The third-order valence-corrected chi connectivity index (χ3v) is 4.21. The number of hydrogen-bond donors (Lipinski definition) is 2. The lowest BCUT2D eigenvalue weighted by Crippen LogP contribution is -2.38. The van der Waals surface area contributed by atoms with Crippen LogP contribution < -0.4 is 10.6 Å². The van der Waals surface area contributed by atoms with Gasteiger partial charge in [0.05, 0.1) is 19.3 Å². The van der Waals surface area contributed by atoms with Crippen molar-refractivity contribution < 1.29 is 14.3 Å². The van der Waals surface area contributed by atoms with E-state index in [9.17, 15) is 9.59 Å². The van der Waals surface area contributed by atoms with Gasteiger partial charge >= 0.3 is 0 Å². The first-order valence-electron chi connectivity index (χ1n) is 8.78. The molecule has 2 amide bonds. The van der Waals surface area contributed by atoms with Crippen LogP contribution in [0.15, 0.2) is 24.3 Å². The maximum Gasteiger partial charge on any atom is 0.239 e. The molecule has 0 heterocycles. The van der Waals surface area contributed by atoms with Gasteiger partial charge in [-0.1, -0.05) is 37.1 Å². The molecule has 5 heteroatoms. The Labute approximate surface area is 144 Å². The maximum absolute atomic E-state index is 11.9. The van der Waals surface area contributed by atoms with Gasteiger partial charge in [0, 0.05) is 12.5 Å². The van der Waals surface area contributed by atoms with Crippen LogP contribution in [0.25, 0.3) is 0 Å². The fourth-order valence-electron chi connectivity index (χ4n) is 2.86. The van der Waals surface area contributed by atoms with Gasteiger partial charge in [0.1, 0.15) is 0 Å². The number of nitrogens with one attached hydrogen (secondary N) is 2. The van der Waals surface area contributed by atoms with Crippen LogP contribution in [0.2, 0.25) is 0 Å². The van der Waals surface area contributed by atoms with E-state index in [0.717, 1.165) is 36.8 Å². The summed E-state index contributed by atoms with van der Waals surface area (Å²) in [5, 5.41) is 5.58. The van der Waals surface area contributed by atoms with Gasteiger partial charge in [0.15, 0.2) is 0 Å². The summed E-state index contributed by atoms with van der Waals surface area (Å²) in [5.41, 5.74) is 2.11. The number of ether oxygens (including phenoxy) is 1. The van der Waals surface area contributed by atoms with Crippen LogP contribution in [-0.4, -0.2) is 24.5 Å². The SMILES string of the molecule is CC(C)OCc1cccc(CNC(=O)CNC(=O)C2CCCC2)c1. The van der Waals surface area contributed by atoms with Crippen LogP contribution in [0.3, 0.4) is 0 Å². The number of hydrogen-bond acceptors (Lipinski definition) is 3. The van der Waals surface area contributed by atoms with E-state index in [-0.39, 0.29) is 30.4 Å². The Bertz CT molecular complexity index is 551. The molecule has 0 atom stereocenters. The highest BCUT2D eigenvalue weighted by molar-refractivity contribution is 5.85. The lowest BCUT2D eigenvalue weighted by Gasteiger charge is -2.11. The third-order valence-electron chi connectivity index (χ3n) is 4.21. The lowest BCUT2D eigenvalue weighted by molar-refractivity contribution is -0.128. The Hall–Kier alpha value is -1.88. The first kappa shape index (κ1) is 18.5. The van der Waals surface area contributed by atoms with E-state index in [1.807, 2.05) is 38.1 Å². The van der Waals surface area contributed by atoms with Crippen molar-refractivity contribution >= 4 is 11.8 Å². The van der Waals surface area contributed by atoms with Crippen molar-refractivity contribution in [2.24, 2.45) is 5.92 Å². The third kappa shape index (κ3) is 6.32. The minimum atomic E-state index is -0.162. The zero-order chi connectivity index (χ0) is 17.4. The molecule has 0 spiro atoms. The molecule has 2 rings (SSSR count). The smallest absolute Gasteiger partial charge is 0.239 e. The Balaban J connectivity index is 1.71. The van der Waals surface area contributed by atoms with Crippen molar-refractivity contribution in [1.82, 2.24) is 10.6 Å². The van der Waals surface area contributed by atoms with Crippen molar-refractivity contribution in [3.8, 4) is 0 Å². The zero-order valence-electron chi connectivity index (χ0n) is 14.6. The van der Waals surface area contributed by atoms with Gasteiger partial charge in [-0.3, -0.25) is 9.59 Å². The number of carbonyl (C=O) groups is 2. The molecule has 0 radical (unpaired) electrons. The molecular formula is C19H28N2O3. The molecule has 1 saturated carbocycles. The van der Waals surface area contributed by atoms with E-state index in [1.54, 1.807) is 0 Å². The van der Waals surface area contributed by atoms with Crippen molar-refractivity contribution in [3.05, 3.63) is 35.4 Å². The summed E-state index contributed by atoms with van der Waals surface area (Å²) in [6.45, 7) is 5.07. The van der Waals surface area contributed by atoms with E-state index in [1.165, 1.54) is 0 Å². The average Bonchev–Trinajstić information content (AvgIpc) is 3.11. The number of rotatable bonds is 8. The minimum Gasteiger partial charge on any atom is -0.374 e. The summed E-state index contributed by atoms with van der Waals surface area (Å²) < 4.78 is 5.59. The molecule has 0 aliphatic heterocycles. The summed E-state index contributed by atoms with van der Waals surface area (Å²) >= 11 is 0. The van der Waals surface area contributed by atoms with Crippen molar-refractivity contribution in [1.29, 1.82) is 0 Å². The second kappa shape index (κ2) is 9.42. The van der Waals surface area contributed by atoms with Crippen LogP contribution in [0.1, 0.15) is 50.7 Å². The van der Waals surface area contributed by atoms with Crippen LogP contribution >= 0.6 is 0 Å². The Kier molecular flexibility index (Phi) is 7.25. The van der Waals surface area contributed by atoms with Crippen LogP contribution in [0, 0.1) is 5.92 Å². The summed E-state index contributed by atoms with van der Waals surface area (Å²) in [5.74, 6) is -0.0592. The number of benzene rings is 1. The first-order valence-corrected chi connectivity index (χ1v) is 8.78. The molecular weight excluding hydrogens is 304 g/mol. The summed E-state index contributed by atoms with van der Waals surface area (Å²) in [6.07, 6.45) is 4.30. The molecule has 1 aromatic rings. The molecule has 0 saturated heterocycles. The standard InChI is InChI=1S/C19H28N2O3/c1-14(2)24-13-16-7-5-6-15(10-16)11-20-18(22)12-21-19(23)17-8-3-4-9-17/h5-7,10,14,17H,3-4,8-9,11-13H2,1-2H3,(H,20,22)(H,21,23). The van der Waals surface area contributed by atoms with Crippen molar-refractivity contribution in [2.45, 2.75) is 58.8 Å². The van der Waals surface area contributed by atoms with Crippen LogP contribution in [0.5, 0.6) is 0 Å². The Morgan fingerprint density at radius 1 is 1.17 bits per heavy atom. The van der Waals surface area contributed by atoms with Gasteiger partial charge in [-0.2, -0.15) is 0 Å². The molecule has 2 N–H and O–H groups in total. The largest absolute Gasteiger partial charge is 0.374 e. The van der Waals surface area contributed by atoms with Gasteiger partial charge < -0.3 is 15.4 Å². The van der Waals surface area contributed by atoms with E-state index < -0.39 is 0 Å². The van der Waals surface area contributed by atoms with Crippen LogP contribution in [0.4, 0.5) is 0 Å². The average molecular weight is 332 g/mol. The zero-order valence-corrected chi connectivity index (χ0v) is 14.6. The topological polar surface area (TPSA) is 67.4 Å². The fraction of sp³-hybridized carbons (Fsp3) is 0.579. The van der Waals surface area contributed by atoms with Gasteiger partial charge in [-0.25, -0.2) is 0 Å². The fourth-order valence-corrected chi connectivity index (χ4v) is 2.86. The normalized spacial score (nSPS) is 14.8. The molecule has 1 aliphatic rings. The first-order chi connectivity index (χ1) is 11.5. The molecule has 0 aromatic heterocycles. The van der Waals surface area contributed by atoms with E-state index in [0.29, 0.717) is 13.2 Å². The second-order valence-corrected chi connectivity index (χ2v) is 6.66. The monoisotopic (exact) mass is 332 g/mol. The van der Waals surface area contributed by atoms with Gasteiger partial charge in [-0.05, 0) is 37.8 Å². The van der Waals surface area contributed by atoms with Gasteiger partial charge in [0.25, 0.3) is 0 Å². The quantitative estimate of drug-likeness (QED) is 0.769. The number of amides is 2. The number of carbonyl (C=O) groups excluding carboxylic acids is 2. The van der Waals surface area contributed by atoms with E-state index >= 15 is 0 Å². The van der Waals surface area contributed by atoms with Crippen LogP contribution in [-0.2, 0) is 27.5 Å². The van der Waals surface area contributed by atoms with E-state index in [2.05, 4.69) is 10.6 Å². The molecule has 1 aromatic carbocycles. The molecule has 0 bridgehead atoms. The maximum atomic E-state index is 11.9. The summed E-state index contributed by atoms with van der Waals surface area (Å²) in [7, 11) is 0. The molecule has 5 nitrogen and oxygen atoms in total. The molecule has 1 aliphatic carbocycles. The predicted octanol–water partition coefficient (Wildman–Crippen LogP) is 2.53. The van der Waals surface area contributed by atoms with Gasteiger partial charge in [0.2, 0.25) is 11.8 Å². The van der Waals surface area contributed by atoms with E-state index in [4.69, 9.17) is 4.74 Å². The summed E-state index contributed by atoms with van der Waals surface area (Å²) in [4.78, 5) is 23.8. The molecule has 1 fully saturated rings. The highest BCUT2D eigenvalue weighted by Gasteiger charge is 2.22. The van der Waals surface area contributed by atoms with Crippen molar-refractivity contribution in [3.63, 3.8) is 0 Å². The molecule has 0 unspecified atom stereocenters. The highest BCUT2D eigenvalue weighted by atomic mass is 16.5. The molecule has 132 valence electrons. The Morgan fingerprint density at radius 3 is 2.58 bits per heavy atom. The highest BCUT2D eigenvalue weighted by Crippen LogP contribution is 2.24. The van der Waals surface area contributed by atoms with Gasteiger partial charge in [-0.15, -0.1) is 0 Å². The second-order valence-electron chi connectivity index (χ2n) is 6.66. The minimum absolute atomic E-state index is 0.00971. The lowest BCUT2D eigenvalue weighted by atomic mass is 10.1. The summed E-state index contributed by atoms with van der Waals surface area (Å²) in [6, 6.07) is 7.97. The Morgan fingerprint density at radius 2 is 1.88 bits per heavy atom. The van der Waals surface area contributed by atoms with Crippen molar-refractivity contribution in [2.75, 3.05) is 6.54 Å². The predicted molar refractivity (Wildman–Crippen MR) is 93.2 cm³/mol. The molecule has 24 heavy (non-hydrogen) atoms.